The number of rotatable bonds is 4. The van der Waals surface area contributed by atoms with Gasteiger partial charge in [0.25, 0.3) is 11.8 Å². The Labute approximate surface area is 162 Å². The van der Waals surface area contributed by atoms with Gasteiger partial charge in [-0.15, -0.1) is 0 Å². The fourth-order valence-corrected chi connectivity index (χ4v) is 3.76. The minimum Gasteiger partial charge on any atom is -0.351 e. The number of pyridine rings is 1. The van der Waals surface area contributed by atoms with Gasteiger partial charge in [0.15, 0.2) is 0 Å². The van der Waals surface area contributed by atoms with Gasteiger partial charge in [-0.3, -0.25) is 9.59 Å². The van der Waals surface area contributed by atoms with E-state index in [1.54, 1.807) is 17.6 Å². The van der Waals surface area contributed by atoms with Crippen LogP contribution in [0.25, 0.3) is 5.52 Å². The number of carbonyl (C=O) groups is 2. The van der Waals surface area contributed by atoms with Crippen molar-refractivity contribution in [1.29, 1.82) is 0 Å². The van der Waals surface area contributed by atoms with Gasteiger partial charge in [-0.05, 0) is 43.9 Å². The van der Waals surface area contributed by atoms with Crippen molar-refractivity contribution in [3.05, 3.63) is 53.2 Å². The lowest BCUT2D eigenvalue weighted by molar-refractivity contribution is 0.0708. The number of likely N-dealkylation sites (tertiary alicyclic amines) is 1. The molecule has 2 atom stereocenters. The van der Waals surface area contributed by atoms with E-state index in [1.807, 2.05) is 30.2 Å². The number of aromatic nitrogens is 3. The van der Waals surface area contributed by atoms with Crippen molar-refractivity contribution in [1.82, 2.24) is 25.0 Å². The molecule has 1 fully saturated rings. The Morgan fingerprint density at radius 3 is 2.89 bits per heavy atom. The molecule has 2 amide bonds. The van der Waals surface area contributed by atoms with Gasteiger partial charge in [-0.25, -0.2) is 4.52 Å². The number of carbonyl (C=O) groups excluding carboxylic acids is 2. The highest BCUT2D eigenvalue weighted by Crippen LogP contribution is 2.27. The highest BCUT2D eigenvalue weighted by molar-refractivity contribution is 6.01. The largest absolute Gasteiger partial charge is 0.351 e. The second kappa shape index (κ2) is 7.10. The third-order valence-electron chi connectivity index (χ3n) is 5.48. The Morgan fingerprint density at radius 2 is 2.14 bits per heavy atom. The quantitative estimate of drug-likeness (QED) is 0.748. The smallest absolute Gasteiger partial charge is 0.290 e. The summed E-state index contributed by atoms with van der Waals surface area (Å²) < 4.78 is 6.72. The molecular weight excluding hydrogens is 358 g/mol. The van der Waals surface area contributed by atoms with E-state index < -0.39 is 0 Å². The van der Waals surface area contributed by atoms with Crippen LogP contribution in [-0.2, 0) is 0 Å². The summed E-state index contributed by atoms with van der Waals surface area (Å²) in [6.07, 6.45) is 5.88. The highest BCUT2D eigenvalue weighted by Gasteiger charge is 2.36. The fourth-order valence-electron chi connectivity index (χ4n) is 3.76. The number of fused-ring (bicyclic) bond motifs is 1. The number of nitrogens with one attached hydrogen (secondary N) is 1. The summed E-state index contributed by atoms with van der Waals surface area (Å²) in [7, 11) is 0. The van der Waals surface area contributed by atoms with Gasteiger partial charge in [0.05, 0.1) is 29.5 Å². The second-order valence-corrected chi connectivity index (χ2v) is 7.47. The molecule has 8 nitrogen and oxygen atoms in total. The third-order valence-corrected chi connectivity index (χ3v) is 5.48. The predicted molar refractivity (Wildman–Crippen MR) is 102 cm³/mol. The minimum atomic E-state index is -0.312. The van der Waals surface area contributed by atoms with Crippen molar-refractivity contribution in [2.75, 3.05) is 13.1 Å². The summed E-state index contributed by atoms with van der Waals surface area (Å²) >= 11 is 0. The molecule has 0 bridgehead atoms. The van der Waals surface area contributed by atoms with Crippen LogP contribution in [0.2, 0.25) is 0 Å². The standard InChI is InChI=1S/C20H23N5O3/c1-12-4-7-25-16(8-12)15(10-22-25)20(27)24-6-5-13(2)17(24)11-21-19(26)18-14(3)9-23-28-18/h4,7-10,13,17H,5-6,11H2,1-3H3,(H,21,26). The van der Waals surface area contributed by atoms with Crippen LogP contribution >= 0.6 is 0 Å². The molecule has 1 aliphatic heterocycles. The third kappa shape index (κ3) is 3.15. The monoisotopic (exact) mass is 381 g/mol. The van der Waals surface area contributed by atoms with Gasteiger partial charge in [0, 0.05) is 24.8 Å². The van der Waals surface area contributed by atoms with Gasteiger partial charge in [0.1, 0.15) is 0 Å². The predicted octanol–water partition coefficient (Wildman–Crippen LogP) is 2.22. The maximum atomic E-state index is 13.2. The van der Waals surface area contributed by atoms with E-state index in [2.05, 4.69) is 22.5 Å². The van der Waals surface area contributed by atoms with Gasteiger partial charge < -0.3 is 14.7 Å². The molecule has 0 radical (unpaired) electrons. The lowest BCUT2D eigenvalue weighted by Crippen LogP contribution is -2.45. The number of hydrogen-bond acceptors (Lipinski definition) is 5. The Bertz CT molecular complexity index is 1040. The molecule has 3 aromatic rings. The SMILES string of the molecule is Cc1ccn2ncc(C(=O)N3CCC(C)C3CNC(=O)c3oncc3C)c2c1. The molecule has 1 aliphatic rings. The number of amides is 2. The van der Waals surface area contributed by atoms with E-state index in [-0.39, 0.29) is 29.5 Å². The van der Waals surface area contributed by atoms with Crippen LogP contribution < -0.4 is 5.32 Å². The van der Waals surface area contributed by atoms with E-state index >= 15 is 0 Å². The molecule has 0 saturated carbocycles. The normalized spacial score (nSPS) is 19.3. The summed E-state index contributed by atoms with van der Waals surface area (Å²) in [5.41, 5.74) is 3.14. The summed E-state index contributed by atoms with van der Waals surface area (Å²) in [6.45, 7) is 6.88. The first-order valence-corrected chi connectivity index (χ1v) is 9.40. The van der Waals surface area contributed by atoms with Crippen molar-refractivity contribution in [3.63, 3.8) is 0 Å². The van der Waals surface area contributed by atoms with Crippen LogP contribution in [-0.4, -0.2) is 50.6 Å². The molecule has 0 aliphatic carbocycles. The zero-order chi connectivity index (χ0) is 19.8. The molecule has 28 heavy (non-hydrogen) atoms. The van der Waals surface area contributed by atoms with E-state index in [1.165, 1.54) is 6.20 Å². The molecule has 2 unspecified atom stereocenters. The van der Waals surface area contributed by atoms with Gasteiger partial charge in [-0.1, -0.05) is 12.1 Å². The molecule has 1 saturated heterocycles. The molecule has 0 spiro atoms. The van der Waals surface area contributed by atoms with Crippen LogP contribution in [0.15, 0.2) is 35.2 Å². The molecule has 4 rings (SSSR count). The van der Waals surface area contributed by atoms with Crippen molar-refractivity contribution >= 4 is 17.3 Å². The zero-order valence-corrected chi connectivity index (χ0v) is 16.2. The van der Waals surface area contributed by atoms with Crippen molar-refractivity contribution in [2.45, 2.75) is 33.2 Å². The average Bonchev–Trinajstić information content (AvgIpc) is 3.37. The van der Waals surface area contributed by atoms with E-state index in [0.717, 1.165) is 17.5 Å². The Balaban J connectivity index is 1.53. The number of hydrogen-bond donors (Lipinski definition) is 1. The van der Waals surface area contributed by atoms with E-state index in [9.17, 15) is 9.59 Å². The van der Waals surface area contributed by atoms with Crippen LogP contribution in [0.5, 0.6) is 0 Å². The molecular formula is C20H23N5O3. The maximum Gasteiger partial charge on any atom is 0.290 e. The van der Waals surface area contributed by atoms with Crippen molar-refractivity contribution in [3.8, 4) is 0 Å². The van der Waals surface area contributed by atoms with E-state index in [0.29, 0.717) is 24.2 Å². The lowest BCUT2D eigenvalue weighted by atomic mass is 10.0. The topological polar surface area (TPSA) is 92.7 Å². The van der Waals surface area contributed by atoms with Gasteiger partial charge >= 0.3 is 0 Å². The Kier molecular flexibility index (Phi) is 4.62. The Hall–Kier alpha value is -3.16. The summed E-state index contributed by atoms with van der Waals surface area (Å²) in [5.74, 6) is 0.124. The maximum absolute atomic E-state index is 13.2. The van der Waals surface area contributed by atoms with Crippen molar-refractivity contribution < 1.29 is 14.1 Å². The Morgan fingerprint density at radius 1 is 1.32 bits per heavy atom. The molecule has 1 N–H and O–H groups in total. The minimum absolute atomic E-state index is 0.0555. The number of aryl methyl sites for hydroxylation is 2. The summed E-state index contributed by atoms with van der Waals surface area (Å²) in [5, 5.41) is 10.8. The molecule has 3 aromatic heterocycles. The van der Waals surface area contributed by atoms with Crippen LogP contribution in [0.1, 0.15) is 45.4 Å². The first kappa shape index (κ1) is 18.2. The molecule has 0 aromatic carbocycles. The van der Waals surface area contributed by atoms with Gasteiger partial charge in [0.2, 0.25) is 5.76 Å². The average molecular weight is 381 g/mol. The number of nitrogens with zero attached hydrogens (tertiary/aromatic N) is 4. The molecule has 4 heterocycles. The zero-order valence-electron chi connectivity index (χ0n) is 16.2. The second-order valence-electron chi connectivity index (χ2n) is 7.47. The summed E-state index contributed by atoms with van der Waals surface area (Å²) in [4.78, 5) is 27.4. The molecule has 8 heteroatoms. The van der Waals surface area contributed by atoms with Crippen LogP contribution in [0, 0.1) is 19.8 Å². The van der Waals surface area contributed by atoms with Crippen LogP contribution in [0.4, 0.5) is 0 Å². The van der Waals surface area contributed by atoms with Crippen LogP contribution in [0.3, 0.4) is 0 Å². The van der Waals surface area contributed by atoms with Crippen molar-refractivity contribution in [2.24, 2.45) is 5.92 Å². The van der Waals surface area contributed by atoms with E-state index in [4.69, 9.17) is 4.52 Å². The summed E-state index contributed by atoms with van der Waals surface area (Å²) in [6, 6.07) is 3.83. The van der Waals surface area contributed by atoms with Gasteiger partial charge in [-0.2, -0.15) is 5.10 Å². The molecule has 146 valence electrons. The first-order valence-electron chi connectivity index (χ1n) is 9.40. The lowest BCUT2D eigenvalue weighted by Gasteiger charge is -2.27. The highest BCUT2D eigenvalue weighted by atomic mass is 16.5. The first-order chi connectivity index (χ1) is 13.5. The fraction of sp³-hybridized carbons (Fsp3) is 0.400.